The summed E-state index contributed by atoms with van der Waals surface area (Å²) in [5, 5.41) is 37.9. The molecular weight excluding hydrogens is 1310 g/mol. The molecule has 0 unspecified atom stereocenters. The Labute approximate surface area is 576 Å². The van der Waals surface area contributed by atoms with E-state index in [2.05, 4.69) is 46.3 Å². The molecule has 0 spiro atoms. The van der Waals surface area contributed by atoms with Crippen LogP contribution in [-0.4, -0.2) is 183 Å². The van der Waals surface area contributed by atoms with Gasteiger partial charge in [0.2, 0.25) is 23.6 Å². The van der Waals surface area contributed by atoms with Crippen molar-refractivity contribution in [2.45, 2.75) is 212 Å². The number of aromatic nitrogens is 2. The van der Waals surface area contributed by atoms with Crippen LogP contribution in [-0.2, 0) is 56.6 Å². The van der Waals surface area contributed by atoms with Crippen LogP contribution in [0.3, 0.4) is 0 Å². The van der Waals surface area contributed by atoms with Crippen molar-refractivity contribution in [1.29, 1.82) is 0 Å². The van der Waals surface area contributed by atoms with Crippen molar-refractivity contribution in [3.63, 3.8) is 0 Å². The number of pyridine rings is 1. The number of hydrogen-bond acceptors (Lipinski definition) is 21. The van der Waals surface area contributed by atoms with Gasteiger partial charge in [0, 0.05) is 60.2 Å². The monoisotopic (exact) mass is 1400 g/mol. The first kappa shape index (κ1) is 76.1. The zero-order valence-corrected chi connectivity index (χ0v) is 59.6. The number of carbonyl (C=O) groups excluding carboxylic acids is 7. The van der Waals surface area contributed by atoms with E-state index in [9.17, 15) is 53.1 Å². The molecule has 2 aromatic heterocycles. The first-order chi connectivity index (χ1) is 46.3. The molecule has 2 saturated heterocycles. The van der Waals surface area contributed by atoms with Crippen molar-refractivity contribution in [3.8, 4) is 22.9 Å². The fourth-order valence-corrected chi connectivity index (χ4v) is 15.0. The minimum absolute atomic E-state index is 0.000937. The molecule has 4 aliphatic carbocycles. The quantitative estimate of drug-likeness (QED) is 0.0154. The largest absolute Gasteiger partial charge is 0.488 e. The number of alkyl carbamates (subject to hydrolysis) is 2. The number of amides is 6. The summed E-state index contributed by atoms with van der Waals surface area (Å²) in [6.07, 6.45) is 8.17. The molecule has 29 heteroatoms. The number of nitrogens with one attached hydrogen (secondary N) is 5. The highest BCUT2D eigenvalue weighted by atomic mass is 32.1. The predicted molar refractivity (Wildman–Crippen MR) is 366 cm³/mol. The number of β-amino-alcohol motifs (C(OH)–C–C–N with tert-alkyl or cyclic N) is 1. The number of carboxylic acid groups (broad SMARTS) is 1. The highest BCUT2D eigenvalue weighted by molar-refractivity contribution is 7.53. The molecule has 6 aliphatic rings. The number of rotatable bonds is 28. The molecule has 6 fully saturated rings. The van der Waals surface area contributed by atoms with Crippen molar-refractivity contribution in [1.82, 2.24) is 41.0 Å². The Morgan fingerprint density at radius 3 is 1.77 bits per heavy atom. The SMILES string of the molecule is C=CCOC(=O)[C@@]1(NC(=O)[C@@H]2C[C@H](O)CN2C(=O)[C@@H](NC(=O)OC2CCCC2)C(C)(C)C)C[C@H]1C=C.C=C[C@@H]1C[C@]1(NC(=O)[C@@H]1C[C@@H](Oc2cc(-c3csc(NC(C)C)n3)nc3cc(OCP(=O)(OCC)OCC)ccc23)CN1C(=O)[C@@H](NC(=O)OC1CCCC1)C(C)(C)C)C(=O)O. The Morgan fingerprint density at radius 2 is 1.27 bits per heavy atom. The van der Waals surface area contributed by atoms with Gasteiger partial charge in [-0.05, 0) is 115 Å². The van der Waals surface area contributed by atoms with Gasteiger partial charge >= 0.3 is 31.7 Å². The standard InChI is InChI=1S/C43H59N6O11PS.C26H39N3O7/c1-9-26-21-43(26,39(52)53)48-37(50)34-19-29(22-49(34)38(51)36(42(6,7)8)47-41(54)60-27-14-12-13-15-27)59-35-20-32(33-23-62-40(46-33)44-25(4)5)45-31-18-28(16-17-30(31)35)56-24-61(55,57-10-2)58-11-3;1-6-12-35-23(33)26(14-16(26)7-2)28-21(31)19-13-17(30)15-29(19)22(32)20(25(3,4)5)27-24(34)36-18-10-8-9-11-18/h9,16-18,20,23,25-27,29,34,36H,1,10-15,19,21-22,24H2,2-8H3,(H,44,46)(H,47,54)(H,48,50)(H,52,53);6-7,16-20,30H,1-2,8-15H2,3-5H3,(H,27,34)(H,28,31)/t26-,29-,34+,36-,43-;16-,17+,19+,20-,26-/m11/s1. The van der Waals surface area contributed by atoms with Crippen molar-refractivity contribution >= 4 is 82.7 Å². The predicted octanol–water partition coefficient (Wildman–Crippen LogP) is 9.18. The molecule has 27 nitrogen and oxygen atoms in total. The second kappa shape index (κ2) is 32.1. The van der Waals surface area contributed by atoms with Crippen LogP contribution in [0.4, 0.5) is 14.7 Å². The van der Waals surface area contributed by atoms with Crippen LogP contribution in [0.15, 0.2) is 67.6 Å². The maximum atomic E-state index is 14.7. The number of carbonyl (C=O) groups is 8. The van der Waals surface area contributed by atoms with Crippen molar-refractivity contribution < 1.29 is 85.9 Å². The number of aliphatic hydroxyl groups excluding tert-OH is 1. The number of esters is 1. The first-order valence-corrected chi connectivity index (χ1v) is 36.4. The number of aliphatic carboxylic acids is 1. The van der Waals surface area contributed by atoms with E-state index in [1.54, 1.807) is 85.7 Å². The van der Waals surface area contributed by atoms with Crippen molar-refractivity contribution in [2.24, 2.45) is 22.7 Å². The Hall–Kier alpha value is -7.65. The van der Waals surface area contributed by atoms with Crippen molar-refractivity contribution in [2.75, 3.05) is 44.6 Å². The van der Waals surface area contributed by atoms with E-state index in [-0.39, 0.29) is 82.7 Å². The summed E-state index contributed by atoms with van der Waals surface area (Å²) in [5.41, 5.74) is -2.82. The summed E-state index contributed by atoms with van der Waals surface area (Å²) in [6, 6.07) is 2.71. The molecule has 1 aromatic carbocycles. The Balaban J connectivity index is 0.000000289. The summed E-state index contributed by atoms with van der Waals surface area (Å²) in [5.74, 6) is -4.14. The normalized spacial score (nSPS) is 24.4. The molecule has 4 heterocycles. The van der Waals surface area contributed by atoms with Crippen LogP contribution in [0.5, 0.6) is 11.5 Å². The maximum Gasteiger partial charge on any atom is 0.408 e. The molecule has 4 saturated carbocycles. The number of anilines is 1. The highest BCUT2D eigenvalue weighted by Crippen LogP contribution is 2.49. The van der Waals surface area contributed by atoms with Crippen LogP contribution in [0.1, 0.15) is 146 Å². The zero-order valence-electron chi connectivity index (χ0n) is 57.9. The number of carboxylic acids is 1. The smallest absolute Gasteiger partial charge is 0.408 e. The minimum Gasteiger partial charge on any atom is -0.488 e. The number of ether oxygens (including phenoxy) is 5. The Bertz CT molecular complexity index is 3480. The lowest BCUT2D eigenvalue weighted by Gasteiger charge is -2.35. The average Bonchev–Trinajstić information content (AvgIpc) is 1.60. The topological polar surface area (TPSA) is 351 Å². The van der Waals surface area contributed by atoms with Gasteiger partial charge < -0.3 is 79.3 Å². The van der Waals surface area contributed by atoms with Gasteiger partial charge in [0.15, 0.2) is 11.5 Å². The van der Waals surface area contributed by atoms with Crippen LogP contribution in [0.25, 0.3) is 22.3 Å². The second-order valence-corrected chi connectivity index (χ2v) is 31.2. The third kappa shape index (κ3) is 18.6. The molecule has 10 atom stereocenters. The van der Waals surface area contributed by atoms with E-state index in [1.165, 1.54) is 33.3 Å². The van der Waals surface area contributed by atoms with E-state index in [0.29, 0.717) is 45.3 Å². The zero-order chi connectivity index (χ0) is 71.7. The lowest BCUT2D eigenvalue weighted by Crippen LogP contribution is -2.59. The Morgan fingerprint density at radius 1 is 0.735 bits per heavy atom. The summed E-state index contributed by atoms with van der Waals surface area (Å²) >= 11 is 1.42. The lowest BCUT2D eigenvalue weighted by molar-refractivity contribution is -0.150. The summed E-state index contributed by atoms with van der Waals surface area (Å²) in [6.45, 7) is 29.5. The van der Waals surface area contributed by atoms with Gasteiger partial charge in [-0.3, -0.25) is 23.7 Å². The number of nitrogens with zero attached hydrogens (tertiary/aromatic N) is 4. The molecule has 6 amide bonds. The number of aliphatic hydroxyl groups is 1. The Kier molecular flexibility index (Phi) is 24.9. The van der Waals surface area contributed by atoms with Crippen LogP contribution in [0.2, 0.25) is 0 Å². The molecular formula is C69H98N9O18PS. The first-order valence-electron chi connectivity index (χ1n) is 33.8. The van der Waals surface area contributed by atoms with Crippen molar-refractivity contribution in [3.05, 3.63) is 67.6 Å². The van der Waals surface area contributed by atoms with Gasteiger partial charge in [0.1, 0.15) is 77.4 Å². The van der Waals surface area contributed by atoms with Gasteiger partial charge in [0.05, 0.1) is 37.1 Å². The third-order valence-corrected chi connectivity index (χ3v) is 20.8. The fraction of sp³-hybridized carbons (Fsp3) is 0.623. The summed E-state index contributed by atoms with van der Waals surface area (Å²) < 4.78 is 53.0. The maximum absolute atomic E-state index is 14.7. The molecule has 538 valence electrons. The second-order valence-electron chi connectivity index (χ2n) is 28.3. The number of likely N-dealkylation sites (tertiary alicyclic amines) is 2. The summed E-state index contributed by atoms with van der Waals surface area (Å²) in [7, 11) is -3.54. The molecule has 98 heavy (non-hydrogen) atoms. The van der Waals surface area contributed by atoms with Gasteiger partial charge in [-0.1, -0.05) is 66.3 Å². The average molecular weight is 1400 g/mol. The summed E-state index contributed by atoms with van der Waals surface area (Å²) in [4.78, 5) is 119. The number of benzene rings is 1. The fourth-order valence-electron chi connectivity index (χ4n) is 12.9. The number of thiazole rings is 1. The highest BCUT2D eigenvalue weighted by Gasteiger charge is 2.63. The van der Waals surface area contributed by atoms with E-state index >= 15 is 0 Å². The number of fused-ring (bicyclic) bond motifs is 1. The van der Waals surface area contributed by atoms with Gasteiger partial charge in [-0.15, -0.1) is 24.5 Å². The molecule has 0 radical (unpaired) electrons. The molecule has 3 aromatic rings. The third-order valence-electron chi connectivity index (χ3n) is 18.2. The van der Waals surface area contributed by atoms with E-state index in [0.717, 1.165) is 51.4 Å². The van der Waals surface area contributed by atoms with Crippen LogP contribution in [0, 0.1) is 22.7 Å². The van der Waals surface area contributed by atoms with E-state index in [1.807, 2.05) is 19.2 Å². The number of hydrogen-bond donors (Lipinski definition) is 7. The molecule has 2 aliphatic heterocycles. The molecule has 9 rings (SSSR count). The van der Waals surface area contributed by atoms with Crippen LogP contribution >= 0.6 is 18.9 Å². The molecule has 0 bridgehead atoms. The molecule has 7 N–H and O–H groups in total. The minimum atomic E-state index is -3.54. The van der Waals surface area contributed by atoms with E-state index in [4.69, 9.17) is 42.7 Å². The van der Waals surface area contributed by atoms with E-state index < -0.39 is 120 Å². The van der Waals surface area contributed by atoms with Crippen LogP contribution < -0.4 is 36.1 Å². The lowest BCUT2D eigenvalue weighted by atomic mass is 9.85. The van der Waals surface area contributed by atoms with Gasteiger partial charge in [-0.25, -0.2) is 29.1 Å². The van der Waals surface area contributed by atoms with Gasteiger partial charge in [-0.2, -0.15) is 0 Å². The van der Waals surface area contributed by atoms with Gasteiger partial charge in [0.25, 0.3) is 0 Å².